The van der Waals surface area contributed by atoms with Crippen LogP contribution in [0, 0.1) is 11.3 Å². The largest absolute Gasteiger partial charge is 0.356 e. The second-order valence-corrected chi connectivity index (χ2v) is 10.5. The van der Waals surface area contributed by atoms with Crippen molar-refractivity contribution in [2.45, 2.75) is 38.1 Å². The highest BCUT2D eigenvalue weighted by Crippen LogP contribution is 2.46. The fourth-order valence-electron chi connectivity index (χ4n) is 4.22. The zero-order valence-corrected chi connectivity index (χ0v) is 17.0. The molecule has 2 aliphatic heterocycles. The molecule has 27 heavy (non-hydrogen) atoms. The third-order valence-electron chi connectivity index (χ3n) is 6.04. The van der Waals surface area contributed by atoms with Crippen molar-refractivity contribution in [3.8, 4) is 0 Å². The van der Waals surface area contributed by atoms with Crippen LogP contribution in [0.4, 0.5) is 4.79 Å². The molecule has 1 saturated carbocycles. The number of urea groups is 1. The van der Waals surface area contributed by atoms with Gasteiger partial charge in [-0.15, -0.1) is 0 Å². The summed E-state index contributed by atoms with van der Waals surface area (Å²) in [6, 6.07) is -0.428. The van der Waals surface area contributed by atoms with Gasteiger partial charge < -0.3 is 15.5 Å². The Balaban J connectivity index is 1.54. The van der Waals surface area contributed by atoms with Gasteiger partial charge in [-0.2, -0.15) is 0 Å². The van der Waals surface area contributed by atoms with Gasteiger partial charge in [0.05, 0.1) is 5.75 Å². The van der Waals surface area contributed by atoms with Crippen molar-refractivity contribution in [1.82, 2.24) is 20.9 Å². The first kappa shape index (κ1) is 19.9. The molecule has 1 unspecified atom stereocenters. The van der Waals surface area contributed by atoms with Gasteiger partial charge in [0.15, 0.2) is 5.96 Å². The van der Waals surface area contributed by atoms with Gasteiger partial charge in [-0.25, -0.2) is 13.2 Å². The summed E-state index contributed by atoms with van der Waals surface area (Å²) in [5.74, 6) is 0.778. The Bertz CT molecular complexity index is 753. The van der Waals surface area contributed by atoms with Crippen molar-refractivity contribution < 1.29 is 18.0 Å². The fraction of sp³-hybridized carbons (Fsp3) is 0.824. The molecule has 2 saturated heterocycles. The molecule has 152 valence electrons. The van der Waals surface area contributed by atoms with Crippen LogP contribution in [0.5, 0.6) is 0 Å². The summed E-state index contributed by atoms with van der Waals surface area (Å²) >= 11 is 0. The highest BCUT2D eigenvalue weighted by atomic mass is 32.2. The van der Waals surface area contributed by atoms with Gasteiger partial charge in [0.1, 0.15) is 15.4 Å². The maximum Gasteiger partial charge on any atom is 0.322 e. The molecule has 3 amide bonds. The summed E-state index contributed by atoms with van der Waals surface area (Å²) in [7, 11) is -1.28. The van der Waals surface area contributed by atoms with E-state index in [4.69, 9.17) is 0 Å². The number of amides is 3. The molecule has 3 fully saturated rings. The SMILES string of the molecule is CN=C(NCC1(CS(C)(=O)=O)CC1)N1CCC(C2(C)NC(=O)NC2=O)CC1. The topological polar surface area (TPSA) is 120 Å². The monoisotopic (exact) mass is 399 g/mol. The quantitative estimate of drug-likeness (QED) is 0.332. The number of rotatable bonds is 5. The minimum atomic E-state index is -3.00. The maximum absolute atomic E-state index is 12.1. The number of sulfone groups is 1. The molecule has 0 spiro atoms. The minimum Gasteiger partial charge on any atom is -0.356 e. The lowest BCUT2D eigenvalue weighted by molar-refractivity contribution is -0.125. The first-order valence-electron chi connectivity index (χ1n) is 9.34. The normalized spacial score (nSPS) is 28.7. The molecule has 0 aromatic rings. The third-order valence-corrected chi connectivity index (χ3v) is 7.18. The van der Waals surface area contributed by atoms with Crippen LogP contribution in [-0.2, 0) is 14.6 Å². The number of guanidine groups is 1. The smallest absolute Gasteiger partial charge is 0.322 e. The first-order valence-corrected chi connectivity index (χ1v) is 11.4. The van der Waals surface area contributed by atoms with Crippen molar-refractivity contribution >= 4 is 27.7 Å². The predicted molar refractivity (Wildman–Crippen MR) is 102 cm³/mol. The van der Waals surface area contributed by atoms with Gasteiger partial charge in [0.25, 0.3) is 5.91 Å². The lowest BCUT2D eigenvalue weighted by Gasteiger charge is -2.40. The molecular weight excluding hydrogens is 370 g/mol. The molecule has 3 rings (SSSR count). The van der Waals surface area contributed by atoms with E-state index < -0.39 is 21.4 Å². The maximum atomic E-state index is 12.1. The molecule has 0 bridgehead atoms. The Morgan fingerprint density at radius 1 is 1.30 bits per heavy atom. The van der Waals surface area contributed by atoms with Gasteiger partial charge in [-0.1, -0.05) is 0 Å². The molecule has 0 aromatic heterocycles. The van der Waals surface area contributed by atoms with Crippen LogP contribution in [0.1, 0.15) is 32.6 Å². The summed E-state index contributed by atoms with van der Waals surface area (Å²) < 4.78 is 23.2. The molecule has 1 aliphatic carbocycles. The van der Waals surface area contributed by atoms with Gasteiger partial charge >= 0.3 is 6.03 Å². The standard InChI is InChI=1S/C17H29N5O4S/c1-16(13(23)20-15(24)21-16)12-4-8-22(9-5-12)14(18-2)19-10-17(6-7-17)11-27(3,25)26/h12H,4-11H2,1-3H3,(H,18,19)(H2,20,21,23,24). The van der Waals surface area contributed by atoms with E-state index in [2.05, 4.69) is 25.8 Å². The average molecular weight is 400 g/mol. The lowest BCUT2D eigenvalue weighted by Crippen LogP contribution is -2.55. The zero-order chi connectivity index (χ0) is 19.9. The molecule has 3 N–H and O–H groups in total. The highest BCUT2D eigenvalue weighted by Gasteiger charge is 2.49. The summed E-state index contributed by atoms with van der Waals surface area (Å²) in [6.07, 6.45) is 4.64. The molecule has 9 nitrogen and oxygen atoms in total. The Labute approximate surface area is 160 Å². The van der Waals surface area contributed by atoms with Crippen LogP contribution in [-0.4, -0.2) is 75.4 Å². The van der Waals surface area contributed by atoms with Gasteiger partial charge in [-0.05, 0) is 38.5 Å². The lowest BCUT2D eigenvalue weighted by atomic mass is 9.79. The van der Waals surface area contributed by atoms with E-state index in [1.54, 1.807) is 14.0 Å². The third kappa shape index (κ3) is 4.36. The van der Waals surface area contributed by atoms with E-state index in [1.807, 2.05) is 0 Å². The van der Waals surface area contributed by atoms with E-state index in [0.29, 0.717) is 6.54 Å². The minimum absolute atomic E-state index is 0.0679. The van der Waals surface area contributed by atoms with Crippen LogP contribution in [0.15, 0.2) is 4.99 Å². The zero-order valence-electron chi connectivity index (χ0n) is 16.2. The number of nitrogens with one attached hydrogen (secondary N) is 3. The Kier molecular flexibility index (Phi) is 5.13. The number of likely N-dealkylation sites (tertiary alicyclic amines) is 1. The molecule has 3 aliphatic rings. The van der Waals surface area contributed by atoms with Gasteiger partial charge in [0, 0.05) is 38.4 Å². The predicted octanol–water partition coefficient (Wildman–Crippen LogP) is -0.303. The second-order valence-electron chi connectivity index (χ2n) is 8.34. The Morgan fingerprint density at radius 3 is 2.37 bits per heavy atom. The van der Waals surface area contributed by atoms with E-state index in [9.17, 15) is 18.0 Å². The number of nitrogens with zero attached hydrogens (tertiary/aromatic N) is 2. The number of piperidine rings is 1. The molecule has 0 aromatic carbocycles. The van der Waals surface area contributed by atoms with Gasteiger partial charge in [0.2, 0.25) is 0 Å². The average Bonchev–Trinajstić information content (AvgIpc) is 3.26. The van der Waals surface area contributed by atoms with E-state index in [-0.39, 0.29) is 23.0 Å². The first-order chi connectivity index (χ1) is 12.6. The Hall–Kier alpha value is -1.84. The van der Waals surface area contributed by atoms with E-state index >= 15 is 0 Å². The van der Waals surface area contributed by atoms with Crippen molar-refractivity contribution in [3.63, 3.8) is 0 Å². The highest BCUT2D eigenvalue weighted by molar-refractivity contribution is 7.90. The molecular formula is C17H29N5O4S. The molecule has 0 radical (unpaired) electrons. The Morgan fingerprint density at radius 2 is 1.93 bits per heavy atom. The van der Waals surface area contributed by atoms with E-state index in [0.717, 1.165) is 44.7 Å². The van der Waals surface area contributed by atoms with Crippen LogP contribution in [0.25, 0.3) is 0 Å². The fourth-order valence-corrected chi connectivity index (χ4v) is 5.72. The number of carbonyl (C=O) groups excluding carboxylic acids is 2. The summed E-state index contributed by atoms with van der Waals surface area (Å²) in [5, 5.41) is 8.42. The molecule has 2 heterocycles. The van der Waals surface area contributed by atoms with Crippen LogP contribution < -0.4 is 16.0 Å². The van der Waals surface area contributed by atoms with Gasteiger partial charge in [-0.3, -0.25) is 15.1 Å². The summed E-state index contributed by atoms with van der Waals surface area (Å²) in [5.41, 5.74) is -1.02. The molecule has 10 heteroatoms. The summed E-state index contributed by atoms with van der Waals surface area (Å²) in [4.78, 5) is 30.1. The number of imide groups is 1. The van der Waals surface area contributed by atoms with Crippen molar-refractivity contribution in [2.75, 3.05) is 38.7 Å². The number of hydrogen-bond acceptors (Lipinski definition) is 5. The summed E-state index contributed by atoms with van der Waals surface area (Å²) in [6.45, 7) is 3.83. The second kappa shape index (κ2) is 6.96. The van der Waals surface area contributed by atoms with Crippen molar-refractivity contribution in [1.29, 1.82) is 0 Å². The van der Waals surface area contributed by atoms with Crippen molar-refractivity contribution in [3.05, 3.63) is 0 Å². The van der Waals surface area contributed by atoms with Crippen molar-refractivity contribution in [2.24, 2.45) is 16.3 Å². The van der Waals surface area contributed by atoms with Crippen LogP contribution in [0.2, 0.25) is 0 Å². The molecule has 1 atom stereocenters. The number of hydrogen-bond donors (Lipinski definition) is 3. The number of aliphatic imine (C=N–C) groups is 1. The van der Waals surface area contributed by atoms with E-state index in [1.165, 1.54) is 6.26 Å². The number of carbonyl (C=O) groups is 2. The van der Waals surface area contributed by atoms with Crippen LogP contribution in [0.3, 0.4) is 0 Å². The van der Waals surface area contributed by atoms with Crippen LogP contribution >= 0.6 is 0 Å².